The fraction of sp³-hybridized carbons (Fsp3) is 0.200. The summed E-state index contributed by atoms with van der Waals surface area (Å²) in [7, 11) is 1.66. The first kappa shape index (κ1) is 16.2. The van der Waals surface area contributed by atoms with Crippen molar-refractivity contribution in [2.24, 2.45) is 0 Å². The predicted octanol–water partition coefficient (Wildman–Crippen LogP) is 3.74. The van der Waals surface area contributed by atoms with E-state index in [4.69, 9.17) is 9.47 Å². The average Bonchev–Trinajstić information content (AvgIpc) is 3.17. The van der Waals surface area contributed by atoms with Gasteiger partial charge in [-0.25, -0.2) is 4.68 Å². The zero-order chi connectivity index (χ0) is 17.9. The van der Waals surface area contributed by atoms with Crippen LogP contribution in [0.25, 0.3) is 5.70 Å². The number of aromatic nitrogens is 3. The number of nitrogens with zero attached hydrogens (tertiary/aromatic N) is 3. The van der Waals surface area contributed by atoms with E-state index in [0.29, 0.717) is 6.61 Å². The van der Waals surface area contributed by atoms with E-state index in [-0.39, 0.29) is 6.04 Å². The van der Waals surface area contributed by atoms with E-state index in [1.165, 1.54) is 0 Å². The number of allylic oxidation sites excluding steroid dienone is 1. The lowest BCUT2D eigenvalue weighted by Gasteiger charge is -2.24. The van der Waals surface area contributed by atoms with Crippen LogP contribution in [0.15, 0.2) is 60.9 Å². The molecule has 3 aromatic rings. The zero-order valence-corrected chi connectivity index (χ0v) is 14.7. The highest BCUT2D eigenvalue weighted by atomic mass is 16.5. The second-order valence-electron chi connectivity index (χ2n) is 5.91. The maximum Gasteiger partial charge on any atom is 0.226 e. The SMILES string of the molecule is CCOc1ccc([C@@H]2C=C(c3ccc(OC)cc3)Nc3ncnn32)cc1. The van der Waals surface area contributed by atoms with Crippen LogP contribution in [0.4, 0.5) is 5.95 Å². The summed E-state index contributed by atoms with van der Waals surface area (Å²) in [6.45, 7) is 2.63. The quantitative estimate of drug-likeness (QED) is 0.761. The number of hydrogen-bond donors (Lipinski definition) is 1. The van der Waals surface area contributed by atoms with E-state index < -0.39 is 0 Å². The van der Waals surface area contributed by atoms with Crippen molar-refractivity contribution >= 4 is 11.6 Å². The monoisotopic (exact) mass is 348 g/mol. The molecule has 6 heteroatoms. The van der Waals surface area contributed by atoms with Crippen molar-refractivity contribution in [1.29, 1.82) is 0 Å². The molecular formula is C20H20N4O2. The van der Waals surface area contributed by atoms with Crippen molar-refractivity contribution in [3.05, 3.63) is 72.1 Å². The third-order valence-electron chi connectivity index (χ3n) is 4.34. The van der Waals surface area contributed by atoms with Gasteiger partial charge in [-0.1, -0.05) is 12.1 Å². The molecule has 4 rings (SSSR count). The maximum absolute atomic E-state index is 5.54. The van der Waals surface area contributed by atoms with Crippen LogP contribution in [0.5, 0.6) is 11.5 Å². The van der Waals surface area contributed by atoms with Crippen LogP contribution in [-0.4, -0.2) is 28.5 Å². The summed E-state index contributed by atoms with van der Waals surface area (Å²) in [5.74, 6) is 2.41. The average molecular weight is 348 g/mol. The third kappa shape index (κ3) is 3.01. The van der Waals surface area contributed by atoms with E-state index in [1.807, 2.05) is 48.0 Å². The molecule has 1 aliphatic rings. The van der Waals surface area contributed by atoms with Gasteiger partial charge >= 0.3 is 0 Å². The molecule has 26 heavy (non-hydrogen) atoms. The van der Waals surface area contributed by atoms with Gasteiger partial charge in [0, 0.05) is 5.70 Å². The molecular weight excluding hydrogens is 328 g/mol. The summed E-state index contributed by atoms with van der Waals surface area (Å²) in [6, 6.07) is 16.0. The largest absolute Gasteiger partial charge is 0.497 e. The molecule has 0 fully saturated rings. The zero-order valence-electron chi connectivity index (χ0n) is 14.7. The van der Waals surface area contributed by atoms with E-state index in [1.54, 1.807) is 13.4 Å². The number of nitrogens with one attached hydrogen (secondary N) is 1. The summed E-state index contributed by atoms with van der Waals surface area (Å²) >= 11 is 0. The lowest BCUT2D eigenvalue weighted by molar-refractivity contribution is 0.340. The highest BCUT2D eigenvalue weighted by molar-refractivity contribution is 5.77. The summed E-state index contributed by atoms with van der Waals surface area (Å²) in [4.78, 5) is 4.34. The van der Waals surface area contributed by atoms with Gasteiger partial charge in [-0.15, -0.1) is 0 Å². The minimum atomic E-state index is -0.0403. The van der Waals surface area contributed by atoms with Gasteiger partial charge in [0.15, 0.2) is 0 Å². The number of benzene rings is 2. The number of methoxy groups -OCH3 is 1. The van der Waals surface area contributed by atoms with Crippen molar-refractivity contribution in [2.75, 3.05) is 19.0 Å². The van der Waals surface area contributed by atoms with E-state index >= 15 is 0 Å². The molecule has 2 aromatic carbocycles. The Labute approximate surface area is 152 Å². The fourth-order valence-corrected chi connectivity index (χ4v) is 3.04. The van der Waals surface area contributed by atoms with Crippen molar-refractivity contribution < 1.29 is 9.47 Å². The van der Waals surface area contributed by atoms with Crippen LogP contribution in [0, 0.1) is 0 Å². The maximum atomic E-state index is 5.54. The van der Waals surface area contributed by atoms with Gasteiger partial charge in [0.25, 0.3) is 0 Å². The Morgan fingerprint density at radius 3 is 2.46 bits per heavy atom. The summed E-state index contributed by atoms with van der Waals surface area (Å²) in [5.41, 5.74) is 3.18. The lowest BCUT2D eigenvalue weighted by Crippen LogP contribution is -2.20. The molecule has 0 saturated carbocycles. The molecule has 6 nitrogen and oxygen atoms in total. The molecule has 0 spiro atoms. The topological polar surface area (TPSA) is 61.2 Å². The van der Waals surface area contributed by atoms with Gasteiger partial charge in [-0.05, 0) is 60.5 Å². The number of anilines is 1. The Kier molecular flexibility index (Phi) is 4.31. The molecule has 132 valence electrons. The van der Waals surface area contributed by atoms with Gasteiger partial charge in [-0.2, -0.15) is 10.1 Å². The van der Waals surface area contributed by atoms with E-state index in [2.05, 4.69) is 33.6 Å². The molecule has 0 saturated heterocycles. The summed E-state index contributed by atoms with van der Waals surface area (Å²) in [5, 5.41) is 7.72. The first-order chi connectivity index (χ1) is 12.8. The fourth-order valence-electron chi connectivity index (χ4n) is 3.04. The Hall–Kier alpha value is -3.28. The Bertz CT molecular complexity index is 914. The number of hydrogen-bond acceptors (Lipinski definition) is 5. The molecule has 0 amide bonds. The van der Waals surface area contributed by atoms with Crippen molar-refractivity contribution in [3.8, 4) is 11.5 Å². The van der Waals surface area contributed by atoms with Crippen LogP contribution in [0.2, 0.25) is 0 Å². The first-order valence-corrected chi connectivity index (χ1v) is 8.54. The highest BCUT2D eigenvalue weighted by Gasteiger charge is 2.23. The Balaban J connectivity index is 1.70. The molecule has 0 bridgehead atoms. The van der Waals surface area contributed by atoms with Crippen LogP contribution in [0.1, 0.15) is 24.1 Å². The minimum absolute atomic E-state index is 0.0403. The molecule has 1 aliphatic heterocycles. The van der Waals surface area contributed by atoms with Crippen molar-refractivity contribution in [3.63, 3.8) is 0 Å². The van der Waals surface area contributed by atoms with Crippen molar-refractivity contribution in [1.82, 2.24) is 14.8 Å². The summed E-state index contributed by atoms with van der Waals surface area (Å²) < 4.78 is 12.7. The smallest absolute Gasteiger partial charge is 0.226 e. The predicted molar refractivity (Wildman–Crippen MR) is 100 cm³/mol. The summed E-state index contributed by atoms with van der Waals surface area (Å²) in [6.07, 6.45) is 3.72. The normalized spacial score (nSPS) is 15.6. The second kappa shape index (κ2) is 6.92. The van der Waals surface area contributed by atoms with Gasteiger partial charge < -0.3 is 14.8 Å². The molecule has 2 heterocycles. The van der Waals surface area contributed by atoms with Gasteiger partial charge in [0.05, 0.1) is 13.7 Å². The minimum Gasteiger partial charge on any atom is -0.497 e. The lowest BCUT2D eigenvalue weighted by atomic mass is 10.0. The van der Waals surface area contributed by atoms with Gasteiger partial charge in [0.2, 0.25) is 5.95 Å². The van der Waals surface area contributed by atoms with Crippen LogP contribution < -0.4 is 14.8 Å². The molecule has 0 aliphatic carbocycles. The molecule has 1 N–H and O–H groups in total. The van der Waals surface area contributed by atoms with E-state index in [9.17, 15) is 0 Å². The highest BCUT2D eigenvalue weighted by Crippen LogP contribution is 2.33. The van der Waals surface area contributed by atoms with Crippen LogP contribution in [0.3, 0.4) is 0 Å². The third-order valence-corrected chi connectivity index (χ3v) is 4.34. The Morgan fingerprint density at radius 1 is 1.04 bits per heavy atom. The van der Waals surface area contributed by atoms with Crippen molar-refractivity contribution in [2.45, 2.75) is 13.0 Å². The van der Waals surface area contributed by atoms with E-state index in [0.717, 1.165) is 34.3 Å². The Morgan fingerprint density at radius 2 is 1.77 bits per heavy atom. The van der Waals surface area contributed by atoms with Gasteiger partial charge in [0.1, 0.15) is 23.9 Å². The van der Waals surface area contributed by atoms with Gasteiger partial charge in [-0.3, -0.25) is 0 Å². The number of rotatable bonds is 5. The van der Waals surface area contributed by atoms with Crippen LogP contribution >= 0.6 is 0 Å². The molecule has 1 atom stereocenters. The standard InChI is InChI=1S/C20H20N4O2/c1-3-26-17-10-6-15(7-11-17)19-12-18(23-20-21-13-22-24(19)20)14-4-8-16(25-2)9-5-14/h4-13,19H,3H2,1-2H3,(H,21,22,23)/t19-/m0/s1. The molecule has 1 aromatic heterocycles. The van der Waals surface area contributed by atoms with Crippen LogP contribution in [-0.2, 0) is 0 Å². The molecule has 0 unspecified atom stereocenters. The molecule has 0 radical (unpaired) electrons. The first-order valence-electron chi connectivity index (χ1n) is 8.54. The second-order valence-corrected chi connectivity index (χ2v) is 5.91. The number of ether oxygens (including phenoxy) is 2. The number of fused-ring (bicyclic) bond motifs is 1.